The van der Waals surface area contributed by atoms with Crippen LogP contribution in [0.3, 0.4) is 0 Å². The van der Waals surface area contributed by atoms with Crippen LogP contribution in [0.4, 0.5) is 5.69 Å². The van der Waals surface area contributed by atoms with Crippen molar-refractivity contribution in [2.75, 3.05) is 32.6 Å². The first-order valence-electron chi connectivity index (χ1n) is 10.0. The van der Waals surface area contributed by atoms with E-state index in [0.717, 1.165) is 43.1 Å². The van der Waals surface area contributed by atoms with Crippen molar-refractivity contribution in [3.63, 3.8) is 0 Å². The Kier molecular flexibility index (Phi) is 6.57. The Balaban J connectivity index is 1.60. The van der Waals surface area contributed by atoms with Crippen LogP contribution in [-0.2, 0) is 17.8 Å². The van der Waals surface area contributed by atoms with Crippen molar-refractivity contribution in [1.29, 1.82) is 0 Å². The van der Waals surface area contributed by atoms with Crippen LogP contribution in [0, 0.1) is 0 Å². The molecule has 0 spiro atoms. The molecule has 150 valence electrons. The van der Waals surface area contributed by atoms with Gasteiger partial charge in [0.15, 0.2) is 18.0 Å². The number of carbonyl (C=O) groups is 1. The number of benzene rings is 2. The van der Waals surface area contributed by atoms with Gasteiger partial charge < -0.3 is 19.7 Å². The minimum Gasteiger partial charge on any atom is -0.493 e. The molecule has 1 aliphatic heterocycles. The highest BCUT2D eigenvalue weighted by Crippen LogP contribution is 2.31. The molecule has 0 fully saturated rings. The Hall–Kier alpha value is -2.53. The van der Waals surface area contributed by atoms with Crippen LogP contribution >= 0.6 is 0 Å². The van der Waals surface area contributed by atoms with Crippen LogP contribution in [0.15, 0.2) is 36.4 Å². The second-order valence-electron chi connectivity index (χ2n) is 7.56. The van der Waals surface area contributed by atoms with Crippen LogP contribution in [0.2, 0.25) is 0 Å². The maximum absolute atomic E-state index is 12.5. The molecule has 2 N–H and O–H groups in total. The van der Waals surface area contributed by atoms with E-state index in [-0.39, 0.29) is 5.91 Å². The summed E-state index contributed by atoms with van der Waals surface area (Å²) in [7, 11) is 3.31. The summed E-state index contributed by atoms with van der Waals surface area (Å²) < 4.78 is 10.8. The molecule has 1 amide bonds. The summed E-state index contributed by atoms with van der Waals surface area (Å²) in [4.78, 5) is 13.8. The molecule has 0 saturated carbocycles. The van der Waals surface area contributed by atoms with E-state index in [9.17, 15) is 4.79 Å². The fourth-order valence-corrected chi connectivity index (χ4v) is 3.74. The number of hydrogen-bond acceptors (Lipinski definition) is 3. The summed E-state index contributed by atoms with van der Waals surface area (Å²) in [5.74, 6) is 2.10. The van der Waals surface area contributed by atoms with Crippen LogP contribution in [-0.4, -0.2) is 33.2 Å². The molecular weight excluding hydrogens is 352 g/mol. The second kappa shape index (κ2) is 9.11. The van der Waals surface area contributed by atoms with Gasteiger partial charge in [0, 0.05) is 17.7 Å². The number of methoxy groups -OCH3 is 2. The molecule has 1 unspecified atom stereocenters. The van der Waals surface area contributed by atoms with Gasteiger partial charge in [-0.1, -0.05) is 26.0 Å². The minimum absolute atomic E-state index is 0.0511. The molecule has 2 aromatic rings. The Morgan fingerprint density at radius 3 is 2.36 bits per heavy atom. The zero-order chi connectivity index (χ0) is 20.1. The van der Waals surface area contributed by atoms with Crippen molar-refractivity contribution in [2.45, 2.75) is 39.2 Å². The van der Waals surface area contributed by atoms with Crippen LogP contribution in [0.1, 0.15) is 42.9 Å². The van der Waals surface area contributed by atoms with Crippen molar-refractivity contribution >= 4 is 11.6 Å². The van der Waals surface area contributed by atoms with Gasteiger partial charge >= 0.3 is 0 Å². The number of quaternary nitrogens is 1. The zero-order valence-electron chi connectivity index (χ0n) is 17.3. The highest BCUT2D eigenvalue weighted by molar-refractivity contribution is 5.91. The highest BCUT2D eigenvalue weighted by atomic mass is 16.5. The molecule has 0 aromatic heterocycles. The number of amides is 1. The molecule has 1 heterocycles. The van der Waals surface area contributed by atoms with Gasteiger partial charge in [-0.2, -0.15) is 0 Å². The first-order valence-corrected chi connectivity index (χ1v) is 10.0. The van der Waals surface area contributed by atoms with Gasteiger partial charge in [-0.15, -0.1) is 0 Å². The quantitative estimate of drug-likeness (QED) is 0.773. The molecule has 5 heteroatoms. The van der Waals surface area contributed by atoms with Crippen LogP contribution < -0.4 is 19.7 Å². The van der Waals surface area contributed by atoms with Gasteiger partial charge in [-0.05, 0) is 47.7 Å². The Labute approximate surface area is 167 Å². The number of rotatable bonds is 7. The molecular formula is C23H31N2O3+. The highest BCUT2D eigenvalue weighted by Gasteiger charge is 2.24. The Morgan fingerprint density at radius 1 is 1.11 bits per heavy atom. The number of fused-ring (bicyclic) bond motifs is 1. The first-order chi connectivity index (χ1) is 13.5. The number of carbonyl (C=O) groups excluding carboxylic acids is 1. The predicted octanol–water partition coefficient (Wildman–Crippen LogP) is 2.80. The van der Waals surface area contributed by atoms with Crippen molar-refractivity contribution < 1.29 is 19.2 Å². The normalized spacial score (nSPS) is 16.8. The summed E-state index contributed by atoms with van der Waals surface area (Å²) in [6.45, 7) is 6.61. The first kappa shape index (κ1) is 20.2. The minimum atomic E-state index is 0.0511. The monoisotopic (exact) mass is 383 g/mol. The molecule has 0 radical (unpaired) electrons. The Morgan fingerprint density at radius 2 is 1.75 bits per heavy atom. The average Bonchev–Trinajstić information content (AvgIpc) is 2.72. The third-order valence-electron chi connectivity index (χ3n) is 5.68. The van der Waals surface area contributed by atoms with E-state index < -0.39 is 0 Å². The van der Waals surface area contributed by atoms with E-state index in [1.165, 1.54) is 21.6 Å². The van der Waals surface area contributed by atoms with Gasteiger partial charge in [0.1, 0.15) is 6.54 Å². The summed E-state index contributed by atoms with van der Waals surface area (Å²) in [6, 6.07) is 12.3. The van der Waals surface area contributed by atoms with Crippen LogP contribution in [0.25, 0.3) is 0 Å². The smallest absolute Gasteiger partial charge is 0.279 e. The van der Waals surface area contributed by atoms with Gasteiger partial charge in [0.2, 0.25) is 0 Å². The molecule has 1 aliphatic rings. The second-order valence-corrected chi connectivity index (χ2v) is 7.56. The van der Waals surface area contributed by atoms with Gasteiger partial charge in [-0.3, -0.25) is 4.79 Å². The number of hydrogen-bond donors (Lipinski definition) is 2. The molecule has 0 bridgehead atoms. The lowest BCUT2D eigenvalue weighted by molar-refractivity contribution is -0.907. The lowest BCUT2D eigenvalue weighted by atomic mass is 9.98. The molecule has 2 atom stereocenters. The molecule has 0 saturated heterocycles. The summed E-state index contributed by atoms with van der Waals surface area (Å²) >= 11 is 0. The van der Waals surface area contributed by atoms with Crippen molar-refractivity contribution in [1.82, 2.24) is 0 Å². The summed E-state index contributed by atoms with van der Waals surface area (Å²) in [6.07, 6.45) is 2.05. The lowest BCUT2D eigenvalue weighted by Crippen LogP contribution is -3.12. The molecule has 2 aromatic carbocycles. The largest absolute Gasteiger partial charge is 0.493 e. The van der Waals surface area contributed by atoms with Gasteiger partial charge in [0.05, 0.1) is 20.8 Å². The number of nitrogens with one attached hydrogen (secondary N) is 2. The standard InChI is InChI=1S/C23H30N2O3/c1-5-16(2)17-6-8-20(9-7-17)24-23(26)15-25-11-10-18-12-21(27-3)22(28-4)13-19(18)14-25/h6-9,12-13,16H,5,10-11,14-15H2,1-4H3,(H,24,26)/p+1/t16-/m0/s1. The van der Waals surface area contributed by atoms with E-state index in [2.05, 4.69) is 37.4 Å². The van der Waals surface area contributed by atoms with E-state index in [0.29, 0.717) is 12.5 Å². The van der Waals surface area contributed by atoms with Crippen molar-refractivity contribution in [3.8, 4) is 11.5 Å². The van der Waals surface area contributed by atoms with Gasteiger partial charge in [0.25, 0.3) is 5.91 Å². The maximum atomic E-state index is 12.5. The fraction of sp³-hybridized carbons (Fsp3) is 0.435. The summed E-state index contributed by atoms with van der Waals surface area (Å²) in [5, 5.41) is 3.03. The van der Waals surface area contributed by atoms with E-state index in [1.807, 2.05) is 18.2 Å². The van der Waals surface area contributed by atoms with E-state index in [1.54, 1.807) is 14.2 Å². The van der Waals surface area contributed by atoms with E-state index >= 15 is 0 Å². The SMILES string of the molecule is CC[C@H](C)c1ccc(NC(=O)C[NH+]2CCc3cc(OC)c(OC)cc3C2)cc1. The fourth-order valence-electron chi connectivity index (χ4n) is 3.74. The van der Waals surface area contributed by atoms with Crippen LogP contribution in [0.5, 0.6) is 11.5 Å². The van der Waals surface area contributed by atoms with Gasteiger partial charge in [-0.25, -0.2) is 0 Å². The van der Waals surface area contributed by atoms with Crippen molar-refractivity contribution in [3.05, 3.63) is 53.1 Å². The van der Waals surface area contributed by atoms with Crippen molar-refractivity contribution in [2.24, 2.45) is 0 Å². The predicted molar refractivity (Wildman–Crippen MR) is 111 cm³/mol. The zero-order valence-corrected chi connectivity index (χ0v) is 17.3. The third-order valence-corrected chi connectivity index (χ3v) is 5.68. The molecule has 0 aliphatic carbocycles. The molecule has 3 rings (SSSR count). The third kappa shape index (κ3) is 4.65. The molecule has 5 nitrogen and oxygen atoms in total. The topological polar surface area (TPSA) is 52.0 Å². The summed E-state index contributed by atoms with van der Waals surface area (Å²) in [5.41, 5.74) is 4.68. The van der Waals surface area contributed by atoms with E-state index in [4.69, 9.17) is 9.47 Å². The number of anilines is 1. The molecule has 28 heavy (non-hydrogen) atoms. The lowest BCUT2D eigenvalue weighted by Gasteiger charge is -2.26. The number of ether oxygens (including phenoxy) is 2. The Bertz CT molecular complexity index is 817. The maximum Gasteiger partial charge on any atom is 0.279 e. The average molecular weight is 384 g/mol.